The summed E-state index contributed by atoms with van der Waals surface area (Å²) in [6.45, 7) is 1.85. The van der Waals surface area contributed by atoms with Gasteiger partial charge in [0.2, 0.25) is 5.95 Å². The lowest BCUT2D eigenvalue weighted by molar-refractivity contribution is -0.113. The van der Waals surface area contributed by atoms with Gasteiger partial charge in [0.25, 0.3) is 5.91 Å². The highest BCUT2D eigenvalue weighted by molar-refractivity contribution is 9.10. The van der Waals surface area contributed by atoms with E-state index in [9.17, 15) is 9.90 Å². The summed E-state index contributed by atoms with van der Waals surface area (Å²) in [7, 11) is 0. The zero-order valence-electron chi connectivity index (χ0n) is 17.5. The Hall–Kier alpha value is -3.98. The molecular weight excluding hydrogens is 484 g/mol. The van der Waals surface area contributed by atoms with Crippen molar-refractivity contribution in [3.8, 4) is 17.1 Å². The largest absolute Gasteiger partial charge is 0.508 e. The summed E-state index contributed by atoms with van der Waals surface area (Å²) < 4.78 is 2.61. The topological polar surface area (TPSA) is 105 Å². The molecule has 0 aliphatic carbocycles. The number of phenols is 1. The van der Waals surface area contributed by atoms with Crippen LogP contribution in [0.3, 0.4) is 0 Å². The van der Waals surface area contributed by atoms with Crippen molar-refractivity contribution in [2.24, 2.45) is 0 Å². The first-order chi connectivity index (χ1) is 16.0. The Kier molecular flexibility index (Phi) is 5.39. The Bertz CT molecular complexity index is 1370. The number of anilines is 2. The van der Waals surface area contributed by atoms with Crippen LogP contribution in [0, 0.1) is 0 Å². The standard InChI is InChI=1S/C24H19BrN6O2/c1-14-20(23(33)28-18-6-3-11-26-13-18)21(16-4-2-5-17(25)12-16)31-24(27-14)29-22(30-31)15-7-9-19(32)10-8-15/h2-13,21,32H,1H3,(H,28,33)(H,27,29,30). The Morgan fingerprint density at radius 1 is 1.15 bits per heavy atom. The van der Waals surface area contributed by atoms with Crippen molar-refractivity contribution in [3.63, 3.8) is 0 Å². The fourth-order valence-electron chi connectivity index (χ4n) is 3.80. The van der Waals surface area contributed by atoms with Gasteiger partial charge in [-0.2, -0.15) is 4.98 Å². The van der Waals surface area contributed by atoms with E-state index in [1.165, 1.54) is 0 Å². The van der Waals surface area contributed by atoms with Gasteiger partial charge in [0.15, 0.2) is 5.82 Å². The summed E-state index contributed by atoms with van der Waals surface area (Å²) in [6.07, 6.45) is 3.25. The Morgan fingerprint density at radius 3 is 2.70 bits per heavy atom. The molecule has 33 heavy (non-hydrogen) atoms. The Balaban J connectivity index is 1.61. The van der Waals surface area contributed by atoms with E-state index in [1.54, 1.807) is 53.5 Å². The van der Waals surface area contributed by atoms with Crippen LogP contribution in [0.25, 0.3) is 11.4 Å². The van der Waals surface area contributed by atoms with Gasteiger partial charge in [0.1, 0.15) is 11.8 Å². The average molecular weight is 503 g/mol. The van der Waals surface area contributed by atoms with E-state index >= 15 is 0 Å². The first-order valence-electron chi connectivity index (χ1n) is 10.2. The van der Waals surface area contributed by atoms with Crippen LogP contribution in [-0.4, -0.2) is 30.8 Å². The van der Waals surface area contributed by atoms with Gasteiger partial charge in [0.05, 0.1) is 17.5 Å². The number of hydrogen-bond acceptors (Lipinski definition) is 6. The number of allylic oxidation sites excluding steroid dienone is 1. The lowest BCUT2D eigenvalue weighted by Crippen LogP contribution is -2.31. The van der Waals surface area contributed by atoms with Gasteiger partial charge in [-0.15, -0.1) is 5.10 Å². The maximum atomic E-state index is 13.4. The van der Waals surface area contributed by atoms with Crippen molar-refractivity contribution in [2.45, 2.75) is 13.0 Å². The number of carbonyl (C=O) groups is 1. The third-order valence-corrected chi connectivity index (χ3v) is 5.80. The number of nitrogens with zero attached hydrogens (tertiary/aromatic N) is 4. The van der Waals surface area contributed by atoms with Crippen molar-refractivity contribution in [1.82, 2.24) is 19.7 Å². The molecule has 0 fully saturated rings. The molecule has 2 aromatic carbocycles. The van der Waals surface area contributed by atoms with E-state index in [0.717, 1.165) is 15.6 Å². The molecular formula is C24H19BrN6O2. The van der Waals surface area contributed by atoms with Crippen LogP contribution in [-0.2, 0) is 4.79 Å². The Morgan fingerprint density at radius 2 is 1.97 bits per heavy atom. The number of amides is 1. The number of phenolic OH excluding ortho intramolecular Hbond substituents is 1. The summed E-state index contributed by atoms with van der Waals surface area (Å²) >= 11 is 3.53. The monoisotopic (exact) mass is 502 g/mol. The van der Waals surface area contributed by atoms with Gasteiger partial charge in [-0.1, -0.05) is 28.1 Å². The third-order valence-electron chi connectivity index (χ3n) is 5.31. The van der Waals surface area contributed by atoms with Crippen LogP contribution in [0.4, 0.5) is 11.6 Å². The summed E-state index contributed by atoms with van der Waals surface area (Å²) in [5.41, 5.74) is 3.43. The number of aromatic nitrogens is 4. The zero-order valence-corrected chi connectivity index (χ0v) is 19.1. The van der Waals surface area contributed by atoms with Crippen LogP contribution < -0.4 is 10.6 Å². The molecule has 0 saturated heterocycles. The van der Waals surface area contributed by atoms with Crippen molar-refractivity contribution in [1.29, 1.82) is 0 Å². The summed E-state index contributed by atoms with van der Waals surface area (Å²) in [4.78, 5) is 22.2. The van der Waals surface area contributed by atoms with Crippen molar-refractivity contribution in [3.05, 3.63) is 94.4 Å². The molecule has 0 bridgehead atoms. The highest BCUT2D eigenvalue weighted by Crippen LogP contribution is 2.37. The molecule has 9 heteroatoms. The lowest BCUT2D eigenvalue weighted by Gasteiger charge is -2.28. The second-order valence-electron chi connectivity index (χ2n) is 7.57. The molecule has 1 aliphatic heterocycles. The minimum Gasteiger partial charge on any atom is -0.508 e. The van der Waals surface area contributed by atoms with Crippen LogP contribution in [0.15, 0.2) is 88.8 Å². The summed E-state index contributed by atoms with van der Waals surface area (Å²) in [5.74, 6) is 0.919. The van der Waals surface area contributed by atoms with E-state index in [4.69, 9.17) is 5.10 Å². The number of halogens is 1. The maximum absolute atomic E-state index is 13.4. The van der Waals surface area contributed by atoms with Crippen LogP contribution in [0.1, 0.15) is 18.5 Å². The summed E-state index contributed by atoms with van der Waals surface area (Å²) in [6, 6.07) is 17.5. The van der Waals surface area contributed by atoms with E-state index in [1.807, 2.05) is 31.2 Å². The van der Waals surface area contributed by atoms with Crippen LogP contribution >= 0.6 is 15.9 Å². The van der Waals surface area contributed by atoms with E-state index in [2.05, 4.69) is 36.5 Å². The number of pyridine rings is 1. The molecule has 1 amide bonds. The van der Waals surface area contributed by atoms with Gasteiger partial charge >= 0.3 is 0 Å². The van der Waals surface area contributed by atoms with Gasteiger partial charge in [0, 0.05) is 21.9 Å². The van der Waals surface area contributed by atoms with Crippen molar-refractivity contribution >= 4 is 33.5 Å². The zero-order chi connectivity index (χ0) is 22.9. The first-order valence-corrected chi connectivity index (χ1v) is 11.0. The molecule has 1 unspecified atom stereocenters. The normalized spacial score (nSPS) is 15.0. The minimum absolute atomic E-state index is 0.166. The van der Waals surface area contributed by atoms with Gasteiger partial charge in [-0.3, -0.25) is 9.78 Å². The number of benzene rings is 2. The number of aromatic hydroxyl groups is 1. The Labute approximate surface area is 198 Å². The molecule has 164 valence electrons. The highest BCUT2D eigenvalue weighted by Gasteiger charge is 2.34. The SMILES string of the molecule is CC1=C(C(=O)Nc2cccnc2)C(c2cccc(Br)c2)n2nc(-c3ccc(O)cc3)nc2N1. The van der Waals surface area contributed by atoms with Gasteiger partial charge < -0.3 is 15.7 Å². The molecule has 4 aromatic rings. The van der Waals surface area contributed by atoms with Crippen molar-refractivity contribution < 1.29 is 9.90 Å². The predicted octanol–water partition coefficient (Wildman–Crippen LogP) is 4.74. The number of rotatable bonds is 4. The highest BCUT2D eigenvalue weighted by atomic mass is 79.9. The minimum atomic E-state index is -0.506. The third kappa shape index (κ3) is 4.10. The molecule has 3 heterocycles. The number of hydrogen-bond donors (Lipinski definition) is 3. The molecule has 1 aliphatic rings. The smallest absolute Gasteiger partial charge is 0.255 e. The number of carbonyl (C=O) groups excluding carboxylic acids is 1. The van der Waals surface area contributed by atoms with Crippen LogP contribution in [0.5, 0.6) is 5.75 Å². The maximum Gasteiger partial charge on any atom is 0.255 e. The van der Waals surface area contributed by atoms with E-state index < -0.39 is 6.04 Å². The second kappa shape index (κ2) is 8.51. The van der Waals surface area contributed by atoms with E-state index in [-0.39, 0.29) is 11.7 Å². The fraction of sp³-hybridized carbons (Fsp3) is 0.0833. The molecule has 8 nitrogen and oxygen atoms in total. The molecule has 0 saturated carbocycles. The average Bonchev–Trinajstić information content (AvgIpc) is 3.22. The second-order valence-corrected chi connectivity index (χ2v) is 8.48. The summed E-state index contributed by atoms with van der Waals surface area (Å²) in [5, 5.41) is 20.5. The molecule has 5 rings (SSSR count). The van der Waals surface area contributed by atoms with Crippen molar-refractivity contribution in [2.75, 3.05) is 10.6 Å². The first kappa shape index (κ1) is 20.9. The molecule has 2 aromatic heterocycles. The number of nitrogens with one attached hydrogen (secondary N) is 2. The van der Waals surface area contributed by atoms with Crippen LogP contribution in [0.2, 0.25) is 0 Å². The van der Waals surface area contributed by atoms with Gasteiger partial charge in [-0.25, -0.2) is 4.68 Å². The molecule has 0 spiro atoms. The fourth-order valence-corrected chi connectivity index (χ4v) is 4.21. The van der Waals surface area contributed by atoms with E-state index in [0.29, 0.717) is 28.7 Å². The van der Waals surface area contributed by atoms with Gasteiger partial charge in [-0.05, 0) is 61.0 Å². The number of fused-ring (bicyclic) bond motifs is 1. The molecule has 0 radical (unpaired) electrons. The predicted molar refractivity (Wildman–Crippen MR) is 129 cm³/mol. The molecule has 1 atom stereocenters. The lowest BCUT2D eigenvalue weighted by atomic mass is 9.95. The quantitative estimate of drug-likeness (QED) is 0.372. The molecule has 3 N–H and O–H groups in total.